The molecule has 2 aliphatic heterocycles. The van der Waals surface area contributed by atoms with Crippen LogP contribution in [0.3, 0.4) is 0 Å². The van der Waals surface area contributed by atoms with Gasteiger partial charge in [0.1, 0.15) is 18.3 Å². The predicted octanol–water partition coefficient (Wildman–Crippen LogP) is 6.55. The lowest BCUT2D eigenvalue weighted by molar-refractivity contribution is -0.0802. The molecule has 3 atom stereocenters. The number of aliphatic hydroxyl groups excluding tert-OH is 4. The lowest BCUT2D eigenvalue weighted by Gasteiger charge is -2.39. The highest BCUT2D eigenvalue weighted by Crippen LogP contribution is 2.46. The molecule has 3 rings (SSSR count). The maximum absolute atomic E-state index is 14.0. The molecular formula is C39H63BrN4O6. The van der Waals surface area contributed by atoms with Gasteiger partial charge in [0.2, 0.25) is 0 Å². The molecule has 10 nitrogen and oxygen atoms in total. The van der Waals surface area contributed by atoms with Crippen LogP contribution in [0.15, 0.2) is 15.7 Å². The number of unbranched alkanes of at least 4 members (excludes halogenated alkanes) is 7. The fourth-order valence-corrected chi connectivity index (χ4v) is 8.05. The minimum atomic E-state index is -1.67. The number of nitrogens with zero attached hydrogens (tertiary/aromatic N) is 4. The van der Waals surface area contributed by atoms with Crippen molar-refractivity contribution in [1.29, 1.82) is 0 Å². The fraction of sp³-hybridized carbons (Fsp3) is 0.744. The Bertz CT molecular complexity index is 1550. The van der Waals surface area contributed by atoms with Gasteiger partial charge in [-0.1, -0.05) is 101 Å². The number of halogens is 1. The van der Waals surface area contributed by atoms with Crippen LogP contribution in [0.4, 0.5) is 0 Å². The molecule has 0 bridgehead atoms. The summed E-state index contributed by atoms with van der Waals surface area (Å²) in [5.41, 5.74) is 3.54. The van der Waals surface area contributed by atoms with Gasteiger partial charge in [0, 0.05) is 11.9 Å². The summed E-state index contributed by atoms with van der Waals surface area (Å²) in [6.45, 7) is 10.2. The van der Waals surface area contributed by atoms with E-state index < -0.39 is 36.2 Å². The number of hydrogen-bond acceptors (Lipinski definition) is 8. The van der Waals surface area contributed by atoms with E-state index in [0.29, 0.717) is 17.5 Å². The lowest BCUT2D eigenvalue weighted by Crippen LogP contribution is -2.43. The molecule has 0 saturated heterocycles. The second-order valence-corrected chi connectivity index (χ2v) is 15.1. The van der Waals surface area contributed by atoms with E-state index >= 15 is 0 Å². The zero-order chi connectivity index (χ0) is 36.8. The van der Waals surface area contributed by atoms with Gasteiger partial charge in [0.05, 0.1) is 24.2 Å². The van der Waals surface area contributed by atoms with Crippen molar-refractivity contribution in [2.45, 2.75) is 174 Å². The average Bonchev–Trinajstić information content (AvgIpc) is 3.11. The third-order valence-electron chi connectivity index (χ3n) is 10.4. The summed E-state index contributed by atoms with van der Waals surface area (Å²) in [5, 5.41) is 42.8. The number of aliphatic hydroxyl groups is 4. The van der Waals surface area contributed by atoms with Gasteiger partial charge in [0.25, 0.3) is 5.56 Å². The summed E-state index contributed by atoms with van der Waals surface area (Å²) in [6, 6.07) is 2.05. The van der Waals surface area contributed by atoms with E-state index in [-0.39, 0.29) is 30.0 Å². The summed E-state index contributed by atoms with van der Waals surface area (Å²) < 4.78 is 2.85. The predicted molar refractivity (Wildman–Crippen MR) is 206 cm³/mol. The molecule has 0 fully saturated rings. The Balaban J connectivity index is 2.50. The third kappa shape index (κ3) is 10.0. The Morgan fingerprint density at radius 1 is 0.800 bits per heavy atom. The van der Waals surface area contributed by atoms with Crippen LogP contribution >= 0.6 is 15.9 Å². The summed E-state index contributed by atoms with van der Waals surface area (Å²) in [4.78, 5) is 37.0. The topological polar surface area (TPSA) is 151 Å². The van der Waals surface area contributed by atoms with Gasteiger partial charge in [-0.05, 0) is 80.0 Å². The second-order valence-electron chi connectivity index (χ2n) is 14.3. The Hall–Kier alpha value is -2.18. The van der Waals surface area contributed by atoms with Crippen molar-refractivity contribution in [2.24, 2.45) is 0 Å². The molecule has 1 aromatic carbocycles. The van der Waals surface area contributed by atoms with Crippen molar-refractivity contribution in [3.05, 3.63) is 43.6 Å². The fourth-order valence-electron chi connectivity index (χ4n) is 7.65. The number of fused-ring (bicyclic) bond motifs is 2. The van der Waals surface area contributed by atoms with Crippen LogP contribution in [0.5, 0.6) is 0 Å². The monoisotopic (exact) mass is 762 g/mol. The minimum Gasteiger partial charge on any atom is -0.394 e. The number of alkyl halides is 1. The average molecular weight is 764 g/mol. The number of hydrogen-bond donors (Lipinski definition) is 4. The van der Waals surface area contributed by atoms with E-state index in [4.69, 9.17) is 4.98 Å². The van der Waals surface area contributed by atoms with E-state index in [1.807, 2.05) is 0 Å². The Labute approximate surface area is 306 Å². The number of rotatable bonds is 24. The first-order valence-electron chi connectivity index (χ1n) is 19.2. The van der Waals surface area contributed by atoms with E-state index in [9.17, 15) is 30.0 Å². The first kappa shape index (κ1) is 42.2. The van der Waals surface area contributed by atoms with Crippen LogP contribution in [0.25, 0.3) is 22.6 Å². The molecule has 0 unspecified atom stereocenters. The molecule has 2 heterocycles. The summed E-state index contributed by atoms with van der Waals surface area (Å²) >= 11 is 3.45. The molecule has 282 valence electrons. The number of aryl methyl sites for hydroxylation is 2. The van der Waals surface area contributed by atoms with Gasteiger partial charge in [-0.2, -0.15) is 4.98 Å². The van der Waals surface area contributed by atoms with Crippen LogP contribution in [-0.2, 0) is 24.9 Å². The van der Waals surface area contributed by atoms with Gasteiger partial charge < -0.3 is 25.0 Å². The van der Waals surface area contributed by atoms with Crippen molar-refractivity contribution >= 4 is 27.0 Å². The minimum absolute atomic E-state index is 0.0322. The van der Waals surface area contributed by atoms with E-state index in [1.165, 1.54) is 5.56 Å². The third-order valence-corrected chi connectivity index (χ3v) is 10.9. The standard InChI is InChI=1S/C39H63BrN4O6/c1-6-10-18-28-32(39(19-11-7-2,20-12-8-3)21-13-9-4)27(5)24-29-34(28)44(25-30(46)35(48)31(47)26-45)36-33(41-29)37(49)43(38(50)42-36)23-17-15-14-16-22-40/h24,30-31,35,45-48H,6-23,25-26H2,1-5H3/t30-,31+,35-/m1/s1. The molecule has 0 aromatic heterocycles. The van der Waals surface area contributed by atoms with Crippen LogP contribution in [-0.4, -0.2) is 69.8 Å². The SMILES string of the molecule is CCCCc1c(C(CCCC)(CCCC)CCCC)c(C)cc2nc3c(=O)n(CCCCCCBr)c(=O)nc-3n(C[C@@H](O)[C@@H](O)[C@@H](O)CO)c12. The summed E-state index contributed by atoms with van der Waals surface area (Å²) in [5.74, 6) is 0.0570. The van der Waals surface area contributed by atoms with Gasteiger partial charge in [0.15, 0.2) is 11.5 Å². The molecule has 0 saturated carbocycles. The maximum atomic E-state index is 14.0. The normalized spacial score (nSPS) is 14.1. The van der Waals surface area contributed by atoms with Crippen LogP contribution < -0.4 is 11.2 Å². The smallest absolute Gasteiger partial charge is 0.352 e. The number of aromatic nitrogens is 4. The highest BCUT2D eigenvalue weighted by molar-refractivity contribution is 9.09. The highest BCUT2D eigenvalue weighted by Gasteiger charge is 2.37. The zero-order valence-corrected chi connectivity index (χ0v) is 32.8. The largest absolute Gasteiger partial charge is 0.394 e. The molecule has 11 heteroatoms. The lowest BCUT2D eigenvalue weighted by atomic mass is 9.66. The number of benzene rings is 1. The van der Waals surface area contributed by atoms with Crippen molar-refractivity contribution in [3.8, 4) is 11.5 Å². The van der Waals surface area contributed by atoms with E-state index in [2.05, 4.69) is 61.6 Å². The van der Waals surface area contributed by atoms with Crippen molar-refractivity contribution in [1.82, 2.24) is 19.1 Å². The Morgan fingerprint density at radius 2 is 1.40 bits per heavy atom. The molecule has 50 heavy (non-hydrogen) atoms. The van der Waals surface area contributed by atoms with E-state index in [0.717, 1.165) is 117 Å². The molecule has 1 aromatic rings. The molecule has 0 spiro atoms. The van der Waals surface area contributed by atoms with Crippen molar-refractivity contribution in [2.75, 3.05) is 11.9 Å². The van der Waals surface area contributed by atoms with Crippen LogP contribution in [0.1, 0.15) is 141 Å². The molecule has 2 aliphatic rings. The summed E-state index contributed by atoms with van der Waals surface area (Å²) in [7, 11) is 0. The quantitative estimate of drug-likeness (QED) is 0.0456. The molecule has 0 amide bonds. The molecular weight excluding hydrogens is 700 g/mol. The van der Waals surface area contributed by atoms with Crippen LogP contribution in [0, 0.1) is 6.92 Å². The first-order valence-corrected chi connectivity index (χ1v) is 20.4. The first-order chi connectivity index (χ1) is 24.0. The highest BCUT2D eigenvalue weighted by atomic mass is 79.9. The van der Waals surface area contributed by atoms with Gasteiger partial charge in [-0.25, -0.2) is 9.78 Å². The summed E-state index contributed by atoms with van der Waals surface area (Å²) in [6.07, 6.45) is 11.0. The van der Waals surface area contributed by atoms with E-state index in [1.54, 1.807) is 4.57 Å². The maximum Gasteiger partial charge on any atom is 0.352 e. The zero-order valence-electron chi connectivity index (χ0n) is 31.2. The second kappa shape index (κ2) is 20.8. The molecule has 0 radical (unpaired) electrons. The molecule has 0 aliphatic carbocycles. The Kier molecular flexibility index (Phi) is 17.5. The Morgan fingerprint density at radius 3 is 1.96 bits per heavy atom. The van der Waals surface area contributed by atoms with Crippen LogP contribution in [0.2, 0.25) is 0 Å². The van der Waals surface area contributed by atoms with Gasteiger partial charge in [-0.3, -0.25) is 9.36 Å². The van der Waals surface area contributed by atoms with Crippen molar-refractivity contribution in [3.63, 3.8) is 0 Å². The molecule has 4 N–H and O–H groups in total. The van der Waals surface area contributed by atoms with Gasteiger partial charge >= 0.3 is 5.69 Å². The van der Waals surface area contributed by atoms with Crippen molar-refractivity contribution < 1.29 is 20.4 Å². The van der Waals surface area contributed by atoms with Gasteiger partial charge in [-0.15, -0.1) is 0 Å².